The average Bonchev–Trinajstić information content (AvgIpc) is 3.46. The normalized spacial score (nSPS) is 25.4. The Morgan fingerprint density at radius 3 is 2.52 bits per heavy atom. The third kappa shape index (κ3) is 4.05. The molecule has 0 N–H and O–H groups in total. The number of benzene rings is 2. The number of amides is 2. The molecule has 2 aromatic carbocycles. The summed E-state index contributed by atoms with van der Waals surface area (Å²) in [5.41, 5.74) is 1.39. The van der Waals surface area contributed by atoms with E-state index >= 15 is 0 Å². The number of imide groups is 1. The van der Waals surface area contributed by atoms with Crippen LogP contribution in [-0.2, 0) is 16.2 Å². The van der Waals surface area contributed by atoms with E-state index in [1.165, 1.54) is 18.3 Å². The second kappa shape index (κ2) is 8.89. The number of hydrazone groups is 1. The molecule has 0 unspecified atom stereocenters. The van der Waals surface area contributed by atoms with Crippen molar-refractivity contribution in [3.05, 3.63) is 69.1 Å². The predicted octanol–water partition coefficient (Wildman–Crippen LogP) is 4.55. The van der Waals surface area contributed by atoms with E-state index < -0.39 is 0 Å². The van der Waals surface area contributed by atoms with Gasteiger partial charge < -0.3 is 9.47 Å². The van der Waals surface area contributed by atoms with Gasteiger partial charge in [0.15, 0.2) is 11.5 Å². The molecule has 1 aliphatic heterocycles. The lowest BCUT2D eigenvalue weighted by molar-refractivity contribution is -0.140. The van der Waals surface area contributed by atoms with Gasteiger partial charge >= 0.3 is 0 Å². The molecule has 0 spiro atoms. The van der Waals surface area contributed by atoms with Crippen molar-refractivity contribution in [2.75, 3.05) is 6.61 Å². The molecule has 33 heavy (non-hydrogen) atoms. The van der Waals surface area contributed by atoms with Crippen molar-refractivity contribution in [2.24, 2.45) is 28.8 Å². The van der Waals surface area contributed by atoms with E-state index in [9.17, 15) is 14.0 Å². The number of allylic oxidation sites excluding steroid dienone is 2. The zero-order chi connectivity index (χ0) is 23.1. The monoisotopic (exact) mass is 560 g/mol. The van der Waals surface area contributed by atoms with Gasteiger partial charge in [0.25, 0.3) is 11.8 Å². The van der Waals surface area contributed by atoms with E-state index in [-0.39, 0.29) is 47.9 Å². The Balaban J connectivity index is 1.35. The molecule has 1 heterocycles. The highest BCUT2D eigenvalue weighted by molar-refractivity contribution is 14.1. The number of rotatable bonds is 7. The maximum absolute atomic E-state index is 13.5. The fraction of sp³-hybridized carbons (Fsp3) is 0.320. The number of nitrogens with zero attached hydrogens (tertiary/aromatic N) is 2. The standard InChI is InChI=1S/C25H22FIN2O4/c1-2-32-20-10-15(9-19(27)23(20)33-13-14-4-3-5-18(26)8-14)12-28-29-24(30)21-16-6-7-17(11-16)22(21)25(29)31/h3-10,12,16-17,21-22H,2,11,13H2,1H3/t16-,17-,21-,22+/m0/s1. The Morgan fingerprint density at radius 1 is 1.12 bits per heavy atom. The van der Waals surface area contributed by atoms with Crippen molar-refractivity contribution < 1.29 is 23.5 Å². The Kier molecular flexibility index (Phi) is 5.94. The molecule has 1 saturated heterocycles. The number of carbonyl (C=O) groups is 2. The summed E-state index contributed by atoms with van der Waals surface area (Å²) in [7, 11) is 0. The van der Waals surface area contributed by atoms with Gasteiger partial charge in [-0.15, -0.1) is 0 Å². The van der Waals surface area contributed by atoms with E-state index in [1.54, 1.807) is 18.2 Å². The van der Waals surface area contributed by atoms with Crippen LogP contribution in [0.2, 0.25) is 0 Å². The molecule has 0 radical (unpaired) electrons. The molecular formula is C25H22FIN2O4. The number of fused-ring (bicyclic) bond motifs is 5. The van der Waals surface area contributed by atoms with Crippen molar-refractivity contribution in [3.63, 3.8) is 0 Å². The Labute approximate surface area is 204 Å². The fourth-order valence-corrected chi connectivity index (χ4v) is 5.75. The molecule has 5 rings (SSSR count). The Bertz CT molecular complexity index is 1150. The lowest BCUT2D eigenvalue weighted by atomic mass is 9.85. The molecule has 1 saturated carbocycles. The van der Waals surface area contributed by atoms with Crippen LogP contribution in [0.15, 0.2) is 53.7 Å². The van der Waals surface area contributed by atoms with Crippen molar-refractivity contribution in [3.8, 4) is 11.5 Å². The summed E-state index contributed by atoms with van der Waals surface area (Å²) in [6.45, 7) is 2.49. The van der Waals surface area contributed by atoms with Gasteiger partial charge in [0.1, 0.15) is 12.4 Å². The average molecular weight is 560 g/mol. The Morgan fingerprint density at radius 2 is 1.85 bits per heavy atom. The van der Waals surface area contributed by atoms with E-state index in [1.807, 2.05) is 13.0 Å². The zero-order valence-corrected chi connectivity index (χ0v) is 20.1. The van der Waals surface area contributed by atoms with Crippen LogP contribution in [-0.4, -0.2) is 29.6 Å². The van der Waals surface area contributed by atoms with Gasteiger partial charge in [-0.05, 0) is 83.2 Å². The lowest BCUT2D eigenvalue weighted by Crippen LogP contribution is -2.28. The highest BCUT2D eigenvalue weighted by Crippen LogP contribution is 2.52. The highest BCUT2D eigenvalue weighted by atomic mass is 127. The minimum absolute atomic E-state index is 0.150. The lowest BCUT2D eigenvalue weighted by Gasteiger charge is -2.15. The maximum Gasteiger partial charge on any atom is 0.254 e. The largest absolute Gasteiger partial charge is 0.490 e. The first-order chi connectivity index (χ1) is 16.0. The first-order valence-electron chi connectivity index (χ1n) is 10.9. The van der Waals surface area contributed by atoms with Gasteiger partial charge in [-0.2, -0.15) is 10.1 Å². The van der Waals surface area contributed by atoms with Crippen LogP contribution in [0, 0.1) is 33.1 Å². The van der Waals surface area contributed by atoms with E-state index in [0.29, 0.717) is 29.2 Å². The smallest absolute Gasteiger partial charge is 0.254 e. The van der Waals surface area contributed by atoms with Crippen LogP contribution in [0.25, 0.3) is 0 Å². The van der Waals surface area contributed by atoms with Crippen LogP contribution in [0.3, 0.4) is 0 Å². The van der Waals surface area contributed by atoms with Crippen molar-refractivity contribution >= 4 is 40.6 Å². The summed E-state index contributed by atoms with van der Waals surface area (Å²) in [6, 6.07) is 9.83. The van der Waals surface area contributed by atoms with Gasteiger partial charge in [-0.25, -0.2) is 4.39 Å². The van der Waals surface area contributed by atoms with Gasteiger partial charge in [0.2, 0.25) is 0 Å². The van der Waals surface area contributed by atoms with E-state index in [2.05, 4.69) is 39.8 Å². The minimum Gasteiger partial charge on any atom is -0.490 e. The van der Waals surface area contributed by atoms with Crippen LogP contribution in [0.5, 0.6) is 11.5 Å². The molecule has 4 atom stereocenters. The molecule has 2 aliphatic carbocycles. The second-order valence-electron chi connectivity index (χ2n) is 8.41. The Hall–Kier alpha value is -2.75. The second-order valence-corrected chi connectivity index (χ2v) is 9.58. The molecule has 2 bridgehead atoms. The summed E-state index contributed by atoms with van der Waals surface area (Å²) < 4.78 is 25.9. The summed E-state index contributed by atoms with van der Waals surface area (Å²) in [5.74, 6) is 0.0602. The van der Waals surface area contributed by atoms with E-state index in [0.717, 1.165) is 15.0 Å². The van der Waals surface area contributed by atoms with Crippen molar-refractivity contribution in [1.29, 1.82) is 0 Å². The third-order valence-corrected chi connectivity index (χ3v) is 7.17. The van der Waals surface area contributed by atoms with Crippen LogP contribution in [0.1, 0.15) is 24.5 Å². The molecular weight excluding hydrogens is 538 g/mol. The predicted molar refractivity (Wildman–Crippen MR) is 128 cm³/mol. The molecule has 0 aromatic heterocycles. The topological polar surface area (TPSA) is 68.2 Å². The van der Waals surface area contributed by atoms with E-state index in [4.69, 9.17) is 9.47 Å². The summed E-state index contributed by atoms with van der Waals surface area (Å²) in [4.78, 5) is 25.7. The number of hydrogen-bond donors (Lipinski definition) is 0. The fourth-order valence-electron chi connectivity index (χ4n) is 4.97. The van der Waals surface area contributed by atoms with Crippen molar-refractivity contribution in [2.45, 2.75) is 20.0 Å². The van der Waals surface area contributed by atoms with Crippen LogP contribution in [0.4, 0.5) is 4.39 Å². The van der Waals surface area contributed by atoms with Crippen LogP contribution >= 0.6 is 22.6 Å². The summed E-state index contributed by atoms with van der Waals surface area (Å²) in [5, 5.41) is 5.28. The number of carbonyl (C=O) groups excluding carboxylic acids is 2. The van der Waals surface area contributed by atoms with Gasteiger partial charge in [-0.1, -0.05) is 24.3 Å². The van der Waals surface area contributed by atoms with Crippen molar-refractivity contribution in [1.82, 2.24) is 5.01 Å². The quantitative estimate of drug-likeness (QED) is 0.216. The molecule has 6 nitrogen and oxygen atoms in total. The third-order valence-electron chi connectivity index (χ3n) is 6.37. The number of ether oxygens (including phenoxy) is 2. The SMILES string of the molecule is CCOc1cc(C=NN2C(=O)[C@@H]3[C@H](C2=O)[C@H]2C=C[C@H]3C2)cc(I)c1OCc1cccc(F)c1. The van der Waals surface area contributed by atoms with Gasteiger partial charge in [0, 0.05) is 0 Å². The molecule has 2 amide bonds. The van der Waals surface area contributed by atoms with Crippen LogP contribution < -0.4 is 9.47 Å². The first kappa shape index (κ1) is 22.1. The molecule has 170 valence electrons. The molecule has 3 aliphatic rings. The number of halogens is 2. The van der Waals surface area contributed by atoms with Gasteiger partial charge in [-0.3, -0.25) is 9.59 Å². The molecule has 8 heteroatoms. The zero-order valence-electron chi connectivity index (χ0n) is 17.9. The summed E-state index contributed by atoms with van der Waals surface area (Å²) in [6.07, 6.45) is 6.51. The summed E-state index contributed by atoms with van der Waals surface area (Å²) >= 11 is 2.14. The minimum atomic E-state index is -0.318. The molecule has 2 fully saturated rings. The number of hydrogen-bond acceptors (Lipinski definition) is 5. The highest BCUT2D eigenvalue weighted by Gasteiger charge is 2.59. The first-order valence-corrected chi connectivity index (χ1v) is 12.0. The maximum atomic E-state index is 13.5. The molecule has 2 aromatic rings. The van der Waals surface area contributed by atoms with Gasteiger partial charge in [0.05, 0.1) is 28.2 Å².